The van der Waals surface area contributed by atoms with Crippen molar-refractivity contribution < 1.29 is 9.72 Å². The monoisotopic (exact) mass is 340 g/mol. The van der Waals surface area contributed by atoms with Crippen molar-refractivity contribution in [3.63, 3.8) is 0 Å². The first kappa shape index (κ1) is 16.4. The Balaban J connectivity index is 1.87. The van der Waals surface area contributed by atoms with Crippen LogP contribution >= 0.6 is 0 Å². The van der Waals surface area contributed by atoms with Crippen LogP contribution in [-0.4, -0.2) is 20.0 Å². The van der Waals surface area contributed by atoms with Crippen LogP contribution < -0.4 is 11.0 Å². The molecule has 8 nitrogen and oxygen atoms in total. The molecule has 128 valence electrons. The van der Waals surface area contributed by atoms with Gasteiger partial charge in [-0.3, -0.25) is 24.0 Å². The number of nitrogens with one attached hydrogen (secondary N) is 1. The highest BCUT2D eigenvalue weighted by Crippen LogP contribution is 2.22. The molecular formula is C17H16N4O4. The van der Waals surface area contributed by atoms with Crippen LogP contribution in [0.4, 0.5) is 11.4 Å². The molecule has 0 radical (unpaired) electrons. The number of anilines is 1. The van der Waals surface area contributed by atoms with E-state index in [1.807, 2.05) is 6.07 Å². The smallest absolute Gasteiger partial charge is 0.324 e. The van der Waals surface area contributed by atoms with Crippen LogP contribution in [0.5, 0.6) is 0 Å². The lowest BCUT2D eigenvalue weighted by molar-refractivity contribution is -0.385. The summed E-state index contributed by atoms with van der Waals surface area (Å²) in [5, 5.41) is 13.6. The molecule has 0 aliphatic carbocycles. The number of aryl methyl sites for hydroxylation is 2. The predicted octanol–water partition coefficient (Wildman–Crippen LogP) is 2.20. The number of amides is 1. The minimum absolute atomic E-state index is 0.0693. The molecule has 0 atom stereocenters. The molecule has 3 rings (SSSR count). The number of benzene rings is 2. The maximum absolute atomic E-state index is 12.3. The summed E-state index contributed by atoms with van der Waals surface area (Å²) in [6.07, 6.45) is 0. The van der Waals surface area contributed by atoms with Gasteiger partial charge in [0.05, 0.1) is 16.0 Å². The normalized spacial score (nSPS) is 10.8. The maximum atomic E-state index is 12.3. The molecule has 0 fully saturated rings. The molecule has 1 aromatic heterocycles. The number of carbonyl (C=O) groups is 1. The van der Waals surface area contributed by atoms with Crippen LogP contribution in [0, 0.1) is 17.0 Å². The molecule has 0 bridgehead atoms. The average molecular weight is 340 g/mol. The fourth-order valence-corrected chi connectivity index (χ4v) is 2.74. The molecule has 0 saturated heterocycles. The molecule has 0 aliphatic heterocycles. The summed E-state index contributed by atoms with van der Waals surface area (Å²) >= 11 is 0. The standard InChI is InChI=1S/C17H16N4O4/c1-11-7-8-12(9-15(11)21(24)25)18-16(22)10-20-14-6-4-3-5-13(14)19(2)17(20)23/h3-9H,10H2,1-2H3,(H,18,22). The van der Waals surface area contributed by atoms with Gasteiger partial charge in [0.2, 0.25) is 5.91 Å². The number of imidazole rings is 1. The molecule has 8 heteroatoms. The van der Waals surface area contributed by atoms with Gasteiger partial charge in [0, 0.05) is 24.4 Å². The minimum atomic E-state index is -0.500. The lowest BCUT2D eigenvalue weighted by atomic mass is 10.2. The van der Waals surface area contributed by atoms with E-state index in [2.05, 4.69) is 5.32 Å². The lowest BCUT2D eigenvalue weighted by Gasteiger charge is -2.07. The number of aromatic nitrogens is 2. The molecule has 1 N–H and O–H groups in total. The number of nitro benzene ring substituents is 1. The molecule has 2 aromatic carbocycles. The number of nitro groups is 1. The van der Waals surface area contributed by atoms with Crippen molar-refractivity contribution >= 4 is 28.3 Å². The zero-order valence-electron chi connectivity index (χ0n) is 13.7. The van der Waals surface area contributed by atoms with Crippen molar-refractivity contribution in [1.29, 1.82) is 0 Å². The largest absolute Gasteiger partial charge is 0.329 e. The Morgan fingerprint density at radius 2 is 1.88 bits per heavy atom. The van der Waals surface area contributed by atoms with Gasteiger partial charge < -0.3 is 5.32 Å². The minimum Gasteiger partial charge on any atom is -0.324 e. The number of rotatable bonds is 4. The van der Waals surface area contributed by atoms with E-state index in [0.29, 0.717) is 16.8 Å². The molecular weight excluding hydrogens is 324 g/mol. The fraction of sp³-hybridized carbons (Fsp3) is 0.176. The average Bonchev–Trinajstić information content (AvgIpc) is 2.82. The summed E-state index contributed by atoms with van der Waals surface area (Å²) in [5.74, 6) is -0.434. The Labute approximate surface area is 142 Å². The van der Waals surface area contributed by atoms with E-state index in [1.165, 1.54) is 15.2 Å². The second kappa shape index (κ2) is 6.23. The molecule has 1 amide bonds. The first-order valence-electron chi connectivity index (χ1n) is 7.57. The first-order chi connectivity index (χ1) is 11.9. The summed E-state index contributed by atoms with van der Waals surface area (Å²) < 4.78 is 2.84. The second-order valence-corrected chi connectivity index (χ2v) is 5.72. The van der Waals surface area contributed by atoms with E-state index in [4.69, 9.17) is 0 Å². The highest BCUT2D eigenvalue weighted by molar-refractivity contribution is 5.92. The van der Waals surface area contributed by atoms with Gasteiger partial charge in [-0.05, 0) is 25.1 Å². The quantitative estimate of drug-likeness (QED) is 0.581. The Morgan fingerprint density at radius 1 is 1.20 bits per heavy atom. The van der Waals surface area contributed by atoms with Crippen molar-refractivity contribution in [1.82, 2.24) is 9.13 Å². The number of para-hydroxylation sites is 2. The summed E-state index contributed by atoms with van der Waals surface area (Å²) in [4.78, 5) is 35.1. The predicted molar refractivity (Wildman–Crippen MR) is 93.6 cm³/mol. The van der Waals surface area contributed by atoms with E-state index in [1.54, 1.807) is 44.3 Å². The van der Waals surface area contributed by atoms with Gasteiger partial charge in [0.25, 0.3) is 5.69 Å². The number of carbonyl (C=O) groups excluding carboxylic acids is 1. The van der Waals surface area contributed by atoms with Crippen LogP contribution in [0.25, 0.3) is 11.0 Å². The van der Waals surface area contributed by atoms with Gasteiger partial charge in [0.15, 0.2) is 0 Å². The van der Waals surface area contributed by atoms with Crippen LogP contribution in [0.2, 0.25) is 0 Å². The van der Waals surface area contributed by atoms with Gasteiger partial charge in [-0.1, -0.05) is 18.2 Å². The zero-order valence-corrected chi connectivity index (χ0v) is 13.7. The topological polar surface area (TPSA) is 99.2 Å². The third kappa shape index (κ3) is 3.01. The van der Waals surface area contributed by atoms with Gasteiger partial charge >= 0.3 is 5.69 Å². The molecule has 3 aromatic rings. The third-order valence-corrected chi connectivity index (χ3v) is 4.04. The van der Waals surface area contributed by atoms with E-state index in [0.717, 1.165) is 5.52 Å². The zero-order chi connectivity index (χ0) is 18.1. The van der Waals surface area contributed by atoms with Gasteiger partial charge in [-0.15, -0.1) is 0 Å². The maximum Gasteiger partial charge on any atom is 0.329 e. The fourth-order valence-electron chi connectivity index (χ4n) is 2.74. The molecule has 0 aliphatic rings. The summed E-state index contributed by atoms with van der Waals surface area (Å²) in [7, 11) is 1.64. The molecule has 1 heterocycles. The van der Waals surface area contributed by atoms with Crippen LogP contribution in [0.15, 0.2) is 47.3 Å². The first-order valence-corrected chi connectivity index (χ1v) is 7.57. The van der Waals surface area contributed by atoms with E-state index >= 15 is 0 Å². The summed E-state index contributed by atoms with van der Waals surface area (Å²) in [6.45, 7) is 1.45. The van der Waals surface area contributed by atoms with Gasteiger partial charge in [-0.2, -0.15) is 0 Å². The van der Waals surface area contributed by atoms with Crippen molar-refractivity contribution in [2.75, 3.05) is 5.32 Å². The number of nitrogens with zero attached hydrogens (tertiary/aromatic N) is 3. The SMILES string of the molecule is Cc1ccc(NC(=O)Cn2c(=O)n(C)c3ccccc32)cc1[N+](=O)[O-]. The Morgan fingerprint density at radius 3 is 2.56 bits per heavy atom. The Kier molecular flexibility index (Phi) is 4.10. The van der Waals surface area contributed by atoms with Crippen LogP contribution in [0.1, 0.15) is 5.56 Å². The number of hydrogen-bond acceptors (Lipinski definition) is 4. The van der Waals surface area contributed by atoms with Crippen LogP contribution in [-0.2, 0) is 18.4 Å². The highest BCUT2D eigenvalue weighted by Gasteiger charge is 2.15. The molecule has 0 unspecified atom stereocenters. The Bertz CT molecular complexity index is 1050. The molecule has 25 heavy (non-hydrogen) atoms. The van der Waals surface area contributed by atoms with Gasteiger partial charge in [0.1, 0.15) is 6.54 Å². The van der Waals surface area contributed by atoms with Gasteiger partial charge in [-0.25, -0.2) is 4.79 Å². The second-order valence-electron chi connectivity index (χ2n) is 5.72. The van der Waals surface area contributed by atoms with Crippen molar-refractivity contribution in [2.24, 2.45) is 7.05 Å². The Hall–Kier alpha value is -3.42. The molecule has 0 spiro atoms. The van der Waals surface area contributed by atoms with Crippen molar-refractivity contribution in [3.05, 3.63) is 68.6 Å². The summed E-state index contributed by atoms with van der Waals surface area (Å²) in [6, 6.07) is 11.6. The van der Waals surface area contributed by atoms with E-state index in [-0.39, 0.29) is 17.9 Å². The number of fused-ring (bicyclic) bond motifs is 1. The molecule has 0 saturated carbocycles. The van der Waals surface area contributed by atoms with Crippen molar-refractivity contribution in [2.45, 2.75) is 13.5 Å². The van der Waals surface area contributed by atoms with Crippen LogP contribution in [0.3, 0.4) is 0 Å². The summed E-state index contributed by atoms with van der Waals surface area (Å²) in [5.41, 5.74) is 1.83. The number of hydrogen-bond donors (Lipinski definition) is 1. The third-order valence-electron chi connectivity index (χ3n) is 4.04. The lowest BCUT2D eigenvalue weighted by Crippen LogP contribution is -2.28. The van der Waals surface area contributed by atoms with E-state index in [9.17, 15) is 19.7 Å². The highest BCUT2D eigenvalue weighted by atomic mass is 16.6. The van der Waals surface area contributed by atoms with Crippen molar-refractivity contribution in [3.8, 4) is 0 Å². The van der Waals surface area contributed by atoms with E-state index < -0.39 is 10.8 Å².